The van der Waals surface area contributed by atoms with E-state index in [4.69, 9.17) is 9.47 Å². The van der Waals surface area contributed by atoms with Crippen molar-refractivity contribution in [2.75, 3.05) is 31.9 Å². The number of anilines is 1. The van der Waals surface area contributed by atoms with E-state index in [0.29, 0.717) is 17.0 Å². The van der Waals surface area contributed by atoms with Gasteiger partial charge in [-0.15, -0.1) is 0 Å². The highest BCUT2D eigenvalue weighted by Gasteiger charge is 2.29. The number of hydrogen-bond acceptors (Lipinski definition) is 8. The Morgan fingerprint density at radius 3 is 2.33 bits per heavy atom. The number of sulfonamides is 1. The molecular formula is C26H29N3O6S. The van der Waals surface area contributed by atoms with Gasteiger partial charge in [0.05, 0.1) is 35.6 Å². The number of benzene rings is 2. The zero-order chi connectivity index (χ0) is 26.5. The Morgan fingerprint density at radius 2 is 1.72 bits per heavy atom. The highest BCUT2D eigenvalue weighted by Crippen LogP contribution is 2.31. The van der Waals surface area contributed by atoms with Gasteiger partial charge >= 0.3 is 5.97 Å². The zero-order valence-electron chi connectivity index (χ0n) is 20.8. The smallest absolute Gasteiger partial charge is 0.337 e. The first-order chi connectivity index (χ1) is 17.1. The second kappa shape index (κ2) is 11.4. The summed E-state index contributed by atoms with van der Waals surface area (Å²) in [4.78, 5) is 21.0. The molecule has 10 heteroatoms. The van der Waals surface area contributed by atoms with Gasteiger partial charge in [-0.1, -0.05) is 30.3 Å². The highest BCUT2D eigenvalue weighted by atomic mass is 32.2. The number of aryl methyl sites for hydroxylation is 2. The van der Waals surface area contributed by atoms with Crippen LogP contribution in [-0.4, -0.2) is 57.0 Å². The van der Waals surface area contributed by atoms with Crippen LogP contribution in [0.25, 0.3) is 16.8 Å². The Balaban J connectivity index is 2.26. The van der Waals surface area contributed by atoms with E-state index in [1.165, 1.54) is 38.5 Å². The Bertz CT molecular complexity index is 1380. The fraction of sp³-hybridized carbons (Fsp3) is 0.269. The lowest BCUT2D eigenvalue weighted by Crippen LogP contribution is -2.34. The average Bonchev–Trinajstić information content (AvgIpc) is 2.86. The molecule has 190 valence electrons. The Morgan fingerprint density at radius 1 is 1.06 bits per heavy atom. The molecule has 0 amide bonds. The fourth-order valence-corrected chi connectivity index (χ4v) is 5.04. The maximum atomic E-state index is 13.7. The van der Waals surface area contributed by atoms with Crippen molar-refractivity contribution >= 4 is 27.5 Å². The summed E-state index contributed by atoms with van der Waals surface area (Å²) < 4.78 is 38.4. The molecule has 2 aromatic carbocycles. The van der Waals surface area contributed by atoms with Crippen LogP contribution >= 0.6 is 0 Å². The lowest BCUT2D eigenvalue weighted by molar-refractivity contribution is 0.0600. The molecule has 1 heterocycles. The van der Waals surface area contributed by atoms with Gasteiger partial charge in [0, 0.05) is 12.7 Å². The number of aromatic nitrogens is 2. The van der Waals surface area contributed by atoms with Gasteiger partial charge < -0.3 is 14.6 Å². The Hall–Kier alpha value is -3.60. The van der Waals surface area contributed by atoms with E-state index in [2.05, 4.69) is 9.97 Å². The first-order valence-corrected chi connectivity index (χ1v) is 12.5. The number of esters is 1. The SMILES string of the molecule is COCN(c1nc(/C(C)=C/CO)cc(-c2c(C)cccc2C)n1)S(=O)(=O)c1cccc(C(=O)OC)c1. The molecule has 0 aliphatic rings. The van der Waals surface area contributed by atoms with E-state index < -0.39 is 16.0 Å². The average molecular weight is 512 g/mol. The molecule has 0 saturated carbocycles. The number of methoxy groups -OCH3 is 2. The first-order valence-electron chi connectivity index (χ1n) is 11.1. The summed E-state index contributed by atoms with van der Waals surface area (Å²) in [6, 6.07) is 13.1. The molecule has 0 radical (unpaired) electrons. The zero-order valence-corrected chi connectivity index (χ0v) is 21.7. The van der Waals surface area contributed by atoms with Crippen molar-refractivity contribution in [1.82, 2.24) is 9.97 Å². The molecule has 0 aliphatic heterocycles. The summed E-state index contributed by atoms with van der Waals surface area (Å²) >= 11 is 0. The van der Waals surface area contributed by atoms with Crippen LogP contribution in [0, 0.1) is 13.8 Å². The molecule has 3 rings (SSSR count). The van der Waals surface area contributed by atoms with Gasteiger partial charge in [-0.3, -0.25) is 0 Å². The number of carbonyl (C=O) groups is 1. The quantitative estimate of drug-likeness (QED) is 0.341. The van der Waals surface area contributed by atoms with Crippen LogP contribution < -0.4 is 4.31 Å². The molecule has 36 heavy (non-hydrogen) atoms. The van der Waals surface area contributed by atoms with Crippen LogP contribution in [0.5, 0.6) is 0 Å². The Labute approximate surface area is 211 Å². The third-order valence-electron chi connectivity index (χ3n) is 5.57. The number of aliphatic hydroxyl groups excluding tert-OH is 1. The minimum Gasteiger partial charge on any atom is -0.465 e. The maximum absolute atomic E-state index is 13.7. The van der Waals surface area contributed by atoms with Gasteiger partial charge in [0.15, 0.2) is 0 Å². The topological polar surface area (TPSA) is 119 Å². The van der Waals surface area contributed by atoms with Crippen LogP contribution in [0.1, 0.15) is 34.1 Å². The molecule has 0 bridgehead atoms. The van der Waals surface area contributed by atoms with Gasteiger partial charge in [0.2, 0.25) is 5.95 Å². The first kappa shape index (κ1) is 27.0. The second-order valence-corrected chi connectivity index (χ2v) is 9.93. The third kappa shape index (κ3) is 5.62. The van der Waals surface area contributed by atoms with Gasteiger partial charge in [0.1, 0.15) is 6.73 Å². The van der Waals surface area contributed by atoms with E-state index >= 15 is 0 Å². The van der Waals surface area contributed by atoms with Gasteiger partial charge in [-0.2, -0.15) is 0 Å². The minimum atomic E-state index is -4.25. The van der Waals surface area contributed by atoms with Crippen LogP contribution in [-0.2, 0) is 19.5 Å². The number of allylic oxidation sites excluding steroid dienone is 1. The van der Waals surface area contributed by atoms with Crippen molar-refractivity contribution in [1.29, 1.82) is 0 Å². The largest absolute Gasteiger partial charge is 0.465 e. The minimum absolute atomic E-state index is 0.0866. The predicted molar refractivity (Wildman–Crippen MR) is 137 cm³/mol. The molecule has 1 N–H and O–H groups in total. The van der Waals surface area contributed by atoms with Crippen LogP contribution in [0.2, 0.25) is 0 Å². The summed E-state index contributed by atoms with van der Waals surface area (Å²) in [5.74, 6) is -0.771. The highest BCUT2D eigenvalue weighted by molar-refractivity contribution is 7.92. The normalized spacial score (nSPS) is 11.9. The van der Waals surface area contributed by atoms with Crippen molar-refractivity contribution in [2.45, 2.75) is 25.7 Å². The maximum Gasteiger partial charge on any atom is 0.337 e. The molecule has 0 spiro atoms. The monoisotopic (exact) mass is 511 g/mol. The second-order valence-electron chi connectivity index (χ2n) is 8.07. The molecule has 9 nitrogen and oxygen atoms in total. The summed E-state index contributed by atoms with van der Waals surface area (Å²) in [5.41, 5.74) is 4.48. The van der Waals surface area contributed by atoms with Gasteiger partial charge in [-0.25, -0.2) is 27.5 Å². The number of ether oxygens (including phenoxy) is 2. The molecule has 3 aromatic rings. The number of aliphatic hydroxyl groups is 1. The van der Waals surface area contributed by atoms with Gasteiger partial charge in [-0.05, 0) is 61.7 Å². The molecule has 0 saturated heterocycles. The summed E-state index contributed by atoms with van der Waals surface area (Å²) in [5, 5.41) is 9.42. The van der Waals surface area contributed by atoms with E-state index in [0.717, 1.165) is 21.0 Å². The van der Waals surface area contributed by atoms with Crippen molar-refractivity contribution in [2.24, 2.45) is 0 Å². The molecule has 0 fully saturated rings. The molecular weight excluding hydrogens is 482 g/mol. The number of nitrogens with zero attached hydrogens (tertiary/aromatic N) is 3. The molecule has 0 atom stereocenters. The van der Waals surface area contributed by atoms with Crippen LogP contribution in [0.4, 0.5) is 5.95 Å². The fourth-order valence-electron chi connectivity index (χ4n) is 3.72. The molecule has 0 unspecified atom stereocenters. The number of carbonyl (C=O) groups excluding carboxylic acids is 1. The van der Waals surface area contributed by atoms with E-state index in [1.807, 2.05) is 32.0 Å². The van der Waals surface area contributed by atoms with E-state index in [-0.39, 0.29) is 29.7 Å². The molecule has 0 aliphatic carbocycles. The van der Waals surface area contributed by atoms with Crippen molar-refractivity contribution in [3.05, 3.63) is 77.0 Å². The van der Waals surface area contributed by atoms with Crippen LogP contribution in [0.15, 0.2) is 59.5 Å². The van der Waals surface area contributed by atoms with E-state index in [1.54, 1.807) is 19.1 Å². The predicted octanol–water partition coefficient (Wildman–Crippen LogP) is 3.74. The van der Waals surface area contributed by atoms with E-state index in [9.17, 15) is 18.3 Å². The summed E-state index contributed by atoms with van der Waals surface area (Å²) in [6.45, 7) is 5.09. The Kier molecular flexibility index (Phi) is 8.57. The number of rotatable bonds is 9. The summed E-state index contributed by atoms with van der Waals surface area (Å²) in [7, 11) is -1.67. The van der Waals surface area contributed by atoms with Crippen molar-refractivity contribution in [3.8, 4) is 11.3 Å². The lowest BCUT2D eigenvalue weighted by atomic mass is 9.99. The van der Waals surface area contributed by atoms with Crippen molar-refractivity contribution < 1.29 is 27.8 Å². The third-order valence-corrected chi connectivity index (χ3v) is 7.26. The molecule has 1 aromatic heterocycles. The van der Waals surface area contributed by atoms with Crippen LogP contribution in [0.3, 0.4) is 0 Å². The number of hydrogen-bond donors (Lipinski definition) is 1. The standard InChI is InChI=1S/C26H29N3O6S/c1-17(12-13-30)22-15-23(24-18(2)8-6-9-19(24)3)28-26(27-22)29(16-34-4)36(32,33)21-11-7-10-20(14-21)25(31)35-5/h6-12,14-15,30H,13,16H2,1-5H3/b17-12+. The lowest BCUT2D eigenvalue weighted by Gasteiger charge is -2.23. The summed E-state index contributed by atoms with van der Waals surface area (Å²) in [6.07, 6.45) is 1.58. The van der Waals surface area contributed by atoms with Crippen molar-refractivity contribution in [3.63, 3.8) is 0 Å². The van der Waals surface area contributed by atoms with Gasteiger partial charge in [0.25, 0.3) is 10.0 Å².